The molecule has 0 amide bonds. The standard InChI is InChI=1S/C13H21N3O3/c1-3-19-12(18)10-7-15-16(2)11(10)8-14-13(9-17)5-4-6-13/h7,14,17H,3-6,8-9H2,1-2H3. The van der Waals surface area contributed by atoms with Crippen LogP contribution in [-0.2, 0) is 18.3 Å². The molecule has 19 heavy (non-hydrogen) atoms. The first-order valence-corrected chi connectivity index (χ1v) is 6.66. The molecule has 1 heterocycles. The summed E-state index contributed by atoms with van der Waals surface area (Å²) in [4.78, 5) is 11.8. The van der Waals surface area contributed by atoms with Crippen molar-refractivity contribution in [2.45, 2.75) is 38.3 Å². The van der Waals surface area contributed by atoms with Gasteiger partial charge in [0.05, 0.1) is 25.1 Å². The van der Waals surface area contributed by atoms with E-state index in [0.717, 1.165) is 25.0 Å². The second kappa shape index (κ2) is 5.71. The van der Waals surface area contributed by atoms with E-state index in [1.54, 1.807) is 18.7 Å². The number of hydrogen-bond acceptors (Lipinski definition) is 5. The van der Waals surface area contributed by atoms with Gasteiger partial charge in [0.1, 0.15) is 5.56 Å². The summed E-state index contributed by atoms with van der Waals surface area (Å²) in [6, 6.07) is 0. The summed E-state index contributed by atoms with van der Waals surface area (Å²) in [6.07, 6.45) is 4.59. The highest BCUT2D eigenvalue weighted by Gasteiger charge is 2.36. The number of aliphatic hydroxyl groups is 1. The fraction of sp³-hybridized carbons (Fsp3) is 0.692. The molecule has 0 saturated heterocycles. The first-order valence-electron chi connectivity index (χ1n) is 6.66. The zero-order valence-corrected chi connectivity index (χ0v) is 11.5. The van der Waals surface area contributed by atoms with Crippen molar-refractivity contribution < 1.29 is 14.6 Å². The summed E-state index contributed by atoms with van der Waals surface area (Å²) in [7, 11) is 1.80. The number of rotatable bonds is 6. The molecule has 1 aliphatic rings. The minimum Gasteiger partial charge on any atom is -0.462 e. The number of aromatic nitrogens is 2. The van der Waals surface area contributed by atoms with Gasteiger partial charge in [-0.05, 0) is 26.2 Å². The maximum Gasteiger partial charge on any atom is 0.341 e. The Balaban J connectivity index is 2.07. The van der Waals surface area contributed by atoms with Crippen LogP contribution in [0.3, 0.4) is 0 Å². The molecule has 0 radical (unpaired) electrons. The molecule has 6 heteroatoms. The highest BCUT2D eigenvalue weighted by Crippen LogP contribution is 2.31. The summed E-state index contributed by atoms with van der Waals surface area (Å²) >= 11 is 0. The molecule has 0 aromatic carbocycles. The fourth-order valence-corrected chi connectivity index (χ4v) is 2.32. The number of nitrogens with zero attached hydrogens (tertiary/aromatic N) is 2. The highest BCUT2D eigenvalue weighted by molar-refractivity contribution is 5.90. The Bertz CT molecular complexity index is 446. The van der Waals surface area contributed by atoms with E-state index < -0.39 is 0 Å². The molecular formula is C13H21N3O3. The van der Waals surface area contributed by atoms with Crippen molar-refractivity contribution in [3.8, 4) is 0 Å². The fourth-order valence-electron chi connectivity index (χ4n) is 2.32. The van der Waals surface area contributed by atoms with Crippen molar-refractivity contribution in [2.75, 3.05) is 13.2 Å². The Kier molecular flexibility index (Phi) is 4.21. The predicted octanol–water partition coefficient (Wildman–Crippen LogP) is 0.601. The lowest BCUT2D eigenvalue weighted by atomic mass is 9.77. The average Bonchev–Trinajstić information content (AvgIpc) is 2.71. The maximum atomic E-state index is 11.8. The Hall–Kier alpha value is -1.40. The van der Waals surface area contributed by atoms with Gasteiger partial charge in [0.15, 0.2) is 0 Å². The number of hydrogen-bond donors (Lipinski definition) is 2. The molecule has 0 atom stereocenters. The normalized spacial score (nSPS) is 17.0. The summed E-state index contributed by atoms with van der Waals surface area (Å²) in [5, 5.41) is 16.9. The van der Waals surface area contributed by atoms with Gasteiger partial charge >= 0.3 is 5.97 Å². The summed E-state index contributed by atoms with van der Waals surface area (Å²) in [5.41, 5.74) is 1.10. The van der Waals surface area contributed by atoms with Crippen LogP contribution in [0.5, 0.6) is 0 Å². The van der Waals surface area contributed by atoms with Gasteiger partial charge in [-0.2, -0.15) is 5.10 Å². The van der Waals surface area contributed by atoms with Crippen LogP contribution in [0.1, 0.15) is 42.2 Å². The van der Waals surface area contributed by atoms with E-state index in [1.165, 1.54) is 6.20 Å². The zero-order chi connectivity index (χ0) is 13.9. The number of carbonyl (C=O) groups is 1. The van der Waals surface area contributed by atoms with E-state index in [4.69, 9.17) is 4.74 Å². The molecule has 1 aromatic heterocycles. The summed E-state index contributed by atoms with van der Waals surface area (Å²) in [6.45, 7) is 2.76. The topological polar surface area (TPSA) is 76.4 Å². The van der Waals surface area contributed by atoms with E-state index in [-0.39, 0.29) is 18.1 Å². The number of aryl methyl sites for hydroxylation is 1. The minimum absolute atomic E-state index is 0.125. The van der Waals surface area contributed by atoms with Crippen LogP contribution in [0.15, 0.2) is 6.20 Å². The van der Waals surface area contributed by atoms with Crippen molar-refractivity contribution in [2.24, 2.45) is 7.05 Å². The molecule has 0 aliphatic heterocycles. The molecule has 1 saturated carbocycles. The van der Waals surface area contributed by atoms with E-state index in [2.05, 4.69) is 10.4 Å². The van der Waals surface area contributed by atoms with Gasteiger partial charge in [0.2, 0.25) is 0 Å². The van der Waals surface area contributed by atoms with E-state index in [9.17, 15) is 9.90 Å². The van der Waals surface area contributed by atoms with Crippen LogP contribution >= 0.6 is 0 Å². The van der Waals surface area contributed by atoms with Crippen LogP contribution < -0.4 is 5.32 Å². The number of carbonyl (C=O) groups excluding carboxylic acids is 1. The monoisotopic (exact) mass is 267 g/mol. The summed E-state index contributed by atoms with van der Waals surface area (Å²) < 4.78 is 6.68. The lowest BCUT2D eigenvalue weighted by molar-refractivity contribution is 0.0523. The smallest absolute Gasteiger partial charge is 0.341 e. The molecule has 1 fully saturated rings. The lowest BCUT2D eigenvalue weighted by Gasteiger charge is -2.41. The van der Waals surface area contributed by atoms with E-state index in [1.807, 2.05) is 0 Å². The predicted molar refractivity (Wildman–Crippen MR) is 69.7 cm³/mol. The van der Waals surface area contributed by atoms with Gasteiger partial charge < -0.3 is 15.2 Å². The number of nitrogens with one attached hydrogen (secondary N) is 1. The first-order chi connectivity index (χ1) is 9.12. The van der Waals surface area contributed by atoms with Gasteiger partial charge in [-0.25, -0.2) is 4.79 Å². The third-order valence-electron chi connectivity index (χ3n) is 3.80. The minimum atomic E-state index is -0.348. The largest absolute Gasteiger partial charge is 0.462 e. The quantitative estimate of drug-likeness (QED) is 0.738. The zero-order valence-electron chi connectivity index (χ0n) is 11.5. The molecule has 2 N–H and O–H groups in total. The van der Waals surface area contributed by atoms with Crippen LogP contribution in [-0.4, -0.2) is 39.6 Å². The van der Waals surface area contributed by atoms with Crippen molar-refractivity contribution >= 4 is 5.97 Å². The number of esters is 1. The van der Waals surface area contributed by atoms with Gasteiger partial charge in [-0.1, -0.05) is 0 Å². The number of ether oxygens (including phenoxy) is 1. The van der Waals surface area contributed by atoms with Crippen LogP contribution in [0.25, 0.3) is 0 Å². The molecule has 1 aliphatic carbocycles. The molecule has 106 valence electrons. The SMILES string of the molecule is CCOC(=O)c1cnn(C)c1CNC1(CO)CCC1. The summed E-state index contributed by atoms with van der Waals surface area (Å²) in [5.74, 6) is -0.348. The van der Waals surface area contributed by atoms with Gasteiger partial charge in [-0.3, -0.25) is 4.68 Å². The molecule has 1 aromatic rings. The Labute approximate surface area is 112 Å². The second-order valence-corrected chi connectivity index (χ2v) is 4.99. The third kappa shape index (κ3) is 2.79. The Morgan fingerprint density at radius 2 is 2.37 bits per heavy atom. The van der Waals surface area contributed by atoms with E-state index in [0.29, 0.717) is 18.7 Å². The highest BCUT2D eigenvalue weighted by atomic mass is 16.5. The molecule has 0 spiro atoms. The molecule has 2 rings (SSSR count). The number of aliphatic hydroxyl groups excluding tert-OH is 1. The van der Waals surface area contributed by atoms with Gasteiger partial charge in [-0.15, -0.1) is 0 Å². The van der Waals surface area contributed by atoms with Crippen LogP contribution in [0.2, 0.25) is 0 Å². The van der Waals surface area contributed by atoms with Crippen molar-refractivity contribution in [1.29, 1.82) is 0 Å². The first kappa shape index (κ1) is 14.0. The van der Waals surface area contributed by atoms with Gasteiger partial charge in [0, 0.05) is 19.1 Å². The Morgan fingerprint density at radius 1 is 1.63 bits per heavy atom. The molecule has 0 unspecified atom stereocenters. The van der Waals surface area contributed by atoms with Gasteiger partial charge in [0.25, 0.3) is 0 Å². The lowest BCUT2D eigenvalue weighted by Crippen LogP contribution is -2.53. The second-order valence-electron chi connectivity index (χ2n) is 4.99. The van der Waals surface area contributed by atoms with E-state index >= 15 is 0 Å². The van der Waals surface area contributed by atoms with Crippen LogP contribution in [0, 0.1) is 0 Å². The Morgan fingerprint density at radius 3 is 2.89 bits per heavy atom. The third-order valence-corrected chi connectivity index (χ3v) is 3.80. The van der Waals surface area contributed by atoms with Crippen LogP contribution in [0.4, 0.5) is 0 Å². The molecular weight excluding hydrogens is 246 g/mol. The maximum absolute atomic E-state index is 11.8. The van der Waals surface area contributed by atoms with Crippen molar-refractivity contribution in [1.82, 2.24) is 15.1 Å². The molecule has 6 nitrogen and oxygen atoms in total. The van der Waals surface area contributed by atoms with Crippen molar-refractivity contribution in [3.63, 3.8) is 0 Å². The molecule has 0 bridgehead atoms. The van der Waals surface area contributed by atoms with Crippen molar-refractivity contribution in [3.05, 3.63) is 17.5 Å². The average molecular weight is 267 g/mol.